The summed E-state index contributed by atoms with van der Waals surface area (Å²) in [5.74, 6) is -5.22. The fourth-order valence-electron chi connectivity index (χ4n) is 11.6. The van der Waals surface area contributed by atoms with Crippen LogP contribution >= 0.6 is 0 Å². The van der Waals surface area contributed by atoms with Gasteiger partial charge in [-0.15, -0.1) is 0 Å². The zero-order valence-corrected chi connectivity index (χ0v) is 40.7. The number of carbonyl (C=O) groups excluding carboxylic acids is 6. The number of ether oxygens (including phenoxy) is 4. The first-order valence-corrected chi connectivity index (χ1v) is 23.9. The molecule has 0 unspecified atom stereocenters. The van der Waals surface area contributed by atoms with Gasteiger partial charge in [0.05, 0.1) is 17.6 Å². The number of benzene rings is 3. The average molecular weight is 974 g/mol. The van der Waals surface area contributed by atoms with Gasteiger partial charge in [-0.05, 0) is 136 Å². The van der Waals surface area contributed by atoms with Crippen LogP contribution in [0, 0.1) is 28.6 Å². The Morgan fingerprint density at radius 1 is 0.930 bits per heavy atom. The van der Waals surface area contributed by atoms with Crippen LogP contribution in [0.15, 0.2) is 109 Å². The fourth-order valence-corrected chi connectivity index (χ4v) is 11.6. The van der Waals surface area contributed by atoms with Crippen molar-refractivity contribution in [2.24, 2.45) is 28.6 Å². The SMILES string of the molecule is C[C@@H]1C[C@H]2[C@@H]3CCC4=CC(=O)C=C[C@]4(C)[C@@]3(F)[C@@H](O)C[C@]2(C)[C@@]1(O)C(=O)COC(=O)c1ccc(OCC(=O)OCc2ccc([C@@H](CNC(=O)OC(C)(C)C)C(=O)Nc3ccc4cnccc4c3)cc2)cc1. The highest BCUT2D eigenvalue weighted by molar-refractivity contribution is 6.01. The molecule has 15 nitrogen and oxygen atoms in total. The van der Waals surface area contributed by atoms with E-state index in [1.165, 1.54) is 36.4 Å². The minimum absolute atomic E-state index is 0.0590. The summed E-state index contributed by atoms with van der Waals surface area (Å²) in [4.78, 5) is 82.4. The molecular weight excluding hydrogens is 914 g/mol. The van der Waals surface area contributed by atoms with Gasteiger partial charge in [-0.25, -0.2) is 18.8 Å². The Morgan fingerprint density at radius 3 is 2.38 bits per heavy atom. The lowest BCUT2D eigenvalue weighted by Crippen LogP contribution is -2.69. The van der Waals surface area contributed by atoms with E-state index in [9.17, 15) is 39.0 Å². The number of aliphatic hydroxyl groups is 2. The van der Waals surface area contributed by atoms with Gasteiger partial charge in [0.25, 0.3) is 0 Å². The first-order valence-electron chi connectivity index (χ1n) is 23.9. The van der Waals surface area contributed by atoms with Crippen LogP contribution < -0.4 is 15.4 Å². The monoisotopic (exact) mass is 973 g/mol. The molecule has 4 N–H and O–H groups in total. The molecule has 0 saturated heterocycles. The molecule has 2 amide bonds. The summed E-state index contributed by atoms with van der Waals surface area (Å²) in [6.45, 7) is 8.99. The van der Waals surface area contributed by atoms with E-state index in [4.69, 9.17) is 18.9 Å². The molecule has 4 aliphatic carbocycles. The van der Waals surface area contributed by atoms with E-state index >= 15 is 4.39 Å². The van der Waals surface area contributed by atoms with Gasteiger partial charge in [-0.1, -0.05) is 55.8 Å². The predicted octanol–water partition coefficient (Wildman–Crippen LogP) is 7.68. The van der Waals surface area contributed by atoms with Crippen molar-refractivity contribution in [3.05, 3.63) is 126 Å². The highest BCUT2D eigenvalue weighted by Gasteiger charge is 2.75. The number of carbonyl (C=O) groups is 6. The number of alkyl halides is 1. The quantitative estimate of drug-likeness (QED) is 0.0706. The second-order valence-corrected chi connectivity index (χ2v) is 20.7. The van der Waals surface area contributed by atoms with Crippen LogP contribution in [0.4, 0.5) is 14.9 Å². The number of rotatable bonds is 14. The van der Waals surface area contributed by atoms with Crippen molar-refractivity contribution in [1.29, 1.82) is 0 Å². The van der Waals surface area contributed by atoms with Crippen LogP contribution in [0.25, 0.3) is 10.8 Å². The number of allylic oxidation sites excluding steroid dienone is 4. The van der Waals surface area contributed by atoms with Crippen molar-refractivity contribution in [3.63, 3.8) is 0 Å². The number of aromatic nitrogens is 1. The standard InChI is InChI=1S/C55H60FN3O12/c1-32-23-44-43-18-14-38-25-40(60)19-21-52(38,5)54(43,56)45(61)26-53(44,6)55(32,67)46(62)30-70-49(65)35-12-16-41(17-13-35)68-31-47(63)69-29-33-7-9-34(10-8-33)42(28-58-50(66)71-51(2,3)4)48(64)59-39-15-11-37-27-57-22-20-36(37)24-39/h7-13,15-17,19-22,24-25,27,32,42-45,61,67H,14,18,23,26,28-31H2,1-6H3,(H,58,66)(H,59,64)/t32-,42-,43+,44+,45+,52+,53+,54+,55+/m1/s1. The third-order valence-electron chi connectivity index (χ3n) is 15.3. The molecule has 1 aromatic heterocycles. The molecule has 0 bridgehead atoms. The molecule has 3 fully saturated rings. The number of hydrogen-bond donors (Lipinski definition) is 4. The number of ketones is 2. The molecule has 8 rings (SSSR count). The number of nitrogens with zero attached hydrogens (tertiary/aromatic N) is 1. The van der Waals surface area contributed by atoms with Crippen LogP contribution in [0.1, 0.15) is 94.6 Å². The Hall–Kier alpha value is -6.78. The number of pyridine rings is 1. The minimum Gasteiger partial charge on any atom is -0.482 e. The average Bonchev–Trinajstić information content (AvgIpc) is 3.53. The van der Waals surface area contributed by atoms with Crippen molar-refractivity contribution < 1.29 is 62.3 Å². The summed E-state index contributed by atoms with van der Waals surface area (Å²) in [6.07, 6.45) is 6.44. The number of halogens is 1. The van der Waals surface area contributed by atoms with E-state index < -0.39 is 94.5 Å². The van der Waals surface area contributed by atoms with Gasteiger partial charge in [0.2, 0.25) is 11.7 Å². The van der Waals surface area contributed by atoms with Crippen molar-refractivity contribution in [2.45, 2.75) is 103 Å². The summed E-state index contributed by atoms with van der Waals surface area (Å²) < 4.78 is 39.4. The minimum atomic E-state index is -2.12. The van der Waals surface area contributed by atoms with E-state index in [2.05, 4.69) is 15.6 Å². The normalized spacial score (nSPS) is 28.0. The van der Waals surface area contributed by atoms with Crippen molar-refractivity contribution >= 4 is 52.0 Å². The second kappa shape index (κ2) is 19.4. The van der Waals surface area contributed by atoms with E-state index in [0.717, 1.165) is 10.8 Å². The number of nitrogens with one attached hydrogen (secondary N) is 2. The second-order valence-electron chi connectivity index (χ2n) is 20.7. The number of Topliss-reactive ketones (excluding diaryl/α,β-unsaturated/α-hetero) is 1. The molecule has 4 aromatic rings. The Bertz CT molecular complexity index is 2810. The maximum absolute atomic E-state index is 17.5. The molecular formula is C55H60FN3O12. The van der Waals surface area contributed by atoms with Gasteiger partial charge in [0, 0.05) is 46.8 Å². The third-order valence-corrected chi connectivity index (χ3v) is 15.3. The van der Waals surface area contributed by atoms with E-state index in [-0.39, 0.29) is 42.6 Å². The van der Waals surface area contributed by atoms with Gasteiger partial charge >= 0.3 is 18.0 Å². The summed E-state index contributed by atoms with van der Waals surface area (Å²) >= 11 is 0. The van der Waals surface area contributed by atoms with Crippen LogP contribution in [0.3, 0.4) is 0 Å². The van der Waals surface area contributed by atoms with Gasteiger partial charge in [0.15, 0.2) is 24.7 Å². The maximum atomic E-state index is 17.5. The van der Waals surface area contributed by atoms with E-state index in [0.29, 0.717) is 41.6 Å². The van der Waals surface area contributed by atoms with Gasteiger partial charge < -0.3 is 39.8 Å². The molecule has 9 atom stereocenters. The van der Waals surface area contributed by atoms with E-state index in [1.54, 1.807) is 90.3 Å². The van der Waals surface area contributed by atoms with Gasteiger partial charge in [-0.2, -0.15) is 0 Å². The summed E-state index contributed by atoms with van der Waals surface area (Å²) in [7, 11) is 0. The van der Waals surface area contributed by atoms with Crippen molar-refractivity contribution in [3.8, 4) is 5.75 Å². The lowest BCUT2D eigenvalue weighted by atomic mass is 9.44. The first kappa shape index (κ1) is 50.6. The number of aliphatic hydroxyl groups excluding tert-OH is 1. The molecule has 16 heteroatoms. The Morgan fingerprint density at radius 2 is 1.66 bits per heavy atom. The summed E-state index contributed by atoms with van der Waals surface area (Å²) in [5.41, 5.74) is -4.83. The zero-order valence-electron chi connectivity index (χ0n) is 40.7. The molecule has 374 valence electrons. The fraction of sp³-hybridized carbons (Fsp3) is 0.436. The molecule has 4 aliphatic rings. The zero-order chi connectivity index (χ0) is 51.1. The van der Waals surface area contributed by atoms with Crippen molar-refractivity contribution in [2.75, 3.05) is 25.1 Å². The molecule has 71 heavy (non-hydrogen) atoms. The maximum Gasteiger partial charge on any atom is 0.407 e. The number of hydrogen-bond acceptors (Lipinski definition) is 13. The highest BCUT2D eigenvalue weighted by Crippen LogP contribution is 2.70. The van der Waals surface area contributed by atoms with Crippen molar-refractivity contribution in [1.82, 2.24) is 10.3 Å². The lowest BCUT2D eigenvalue weighted by molar-refractivity contribution is -0.219. The molecule has 0 radical (unpaired) electrons. The molecule has 3 saturated carbocycles. The molecule has 1 heterocycles. The number of esters is 2. The number of amides is 2. The molecule has 0 spiro atoms. The molecule has 3 aromatic carbocycles. The lowest BCUT2D eigenvalue weighted by Gasteiger charge is -2.62. The van der Waals surface area contributed by atoms with Crippen LogP contribution in [0.5, 0.6) is 5.75 Å². The third kappa shape index (κ3) is 9.71. The number of alkyl carbamates (subject to hydrolysis) is 1. The first-order chi connectivity index (χ1) is 33.6. The van der Waals surface area contributed by atoms with E-state index in [1.807, 2.05) is 18.2 Å². The molecule has 0 aliphatic heterocycles. The highest BCUT2D eigenvalue weighted by atomic mass is 19.1. The smallest absolute Gasteiger partial charge is 0.407 e. The summed E-state index contributed by atoms with van der Waals surface area (Å²) in [5, 5.41) is 31.3. The topological polar surface area (TPSA) is 217 Å². The predicted molar refractivity (Wildman–Crippen MR) is 259 cm³/mol. The Labute approximate surface area is 411 Å². The van der Waals surface area contributed by atoms with Gasteiger partial charge in [0.1, 0.15) is 23.6 Å². The number of anilines is 1. The van der Waals surface area contributed by atoms with Crippen LogP contribution in [0.2, 0.25) is 0 Å². The van der Waals surface area contributed by atoms with Crippen LogP contribution in [-0.4, -0.2) is 93.4 Å². The van der Waals surface area contributed by atoms with Crippen LogP contribution in [-0.2, 0) is 40.0 Å². The Balaban J connectivity index is 0.824. The number of fused-ring (bicyclic) bond motifs is 6. The Kier molecular flexibility index (Phi) is 13.9. The summed E-state index contributed by atoms with van der Waals surface area (Å²) in [6, 6.07) is 19.8. The van der Waals surface area contributed by atoms with Gasteiger partial charge in [-0.3, -0.25) is 19.4 Å². The largest absolute Gasteiger partial charge is 0.482 e.